The number of fused-ring (bicyclic) bond motifs is 2. The summed E-state index contributed by atoms with van der Waals surface area (Å²) in [5, 5.41) is 8.03. The molecule has 17 heteroatoms. The number of thioether (sulfide) groups is 1. The molecule has 2 atom stereocenters. The molecule has 5 amide bonds. The van der Waals surface area contributed by atoms with Gasteiger partial charge in [-0.05, 0) is 106 Å². The number of aromatic nitrogens is 4. The molecule has 3 saturated heterocycles. The molecule has 5 aromatic rings. The third kappa shape index (κ3) is 10.5. The van der Waals surface area contributed by atoms with Gasteiger partial charge in [-0.2, -0.15) is 5.10 Å². The number of piperidine rings is 2. The van der Waals surface area contributed by atoms with E-state index < -0.39 is 23.8 Å². The number of para-hydroxylation sites is 1. The fourth-order valence-electron chi connectivity index (χ4n) is 9.74. The van der Waals surface area contributed by atoms with Gasteiger partial charge in [0, 0.05) is 62.6 Å². The van der Waals surface area contributed by atoms with Crippen LogP contribution in [-0.2, 0) is 14.4 Å². The van der Waals surface area contributed by atoms with Crippen LogP contribution in [0.25, 0.3) is 22.3 Å². The average molecular weight is 927 g/mol. The fraction of sp³-hybridized carbons (Fsp3) is 0.440. The number of unbranched alkanes of at least 4 members (excludes halogenated alkanes) is 4. The molecule has 9 rings (SSSR count). The summed E-state index contributed by atoms with van der Waals surface area (Å²) in [6.07, 6.45) is 10.4. The Bertz CT molecular complexity index is 2600. The van der Waals surface area contributed by atoms with E-state index in [4.69, 9.17) is 15.6 Å². The lowest BCUT2D eigenvalue weighted by Crippen LogP contribution is -2.54. The van der Waals surface area contributed by atoms with Crippen LogP contribution in [-0.4, -0.2) is 133 Å². The normalized spacial score (nSPS) is 19.3. The summed E-state index contributed by atoms with van der Waals surface area (Å²) < 4.78 is 7.95. The molecule has 16 nitrogen and oxygen atoms in total. The van der Waals surface area contributed by atoms with Crippen molar-refractivity contribution in [1.82, 2.24) is 44.7 Å². The average Bonchev–Trinajstić information content (AvgIpc) is 3.86. The lowest BCUT2D eigenvalue weighted by Gasteiger charge is -2.35. The number of benzene rings is 3. The number of nitrogens with two attached hydrogens (primary N) is 1. The van der Waals surface area contributed by atoms with Gasteiger partial charge in [0.25, 0.3) is 11.8 Å². The number of nitrogens with one attached hydrogen (secondary N) is 1. The number of carbonyl (C=O) groups excluding carboxylic acids is 5. The molecule has 0 saturated carbocycles. The van der Waals surface area contributed by atoms with Crippen LogP contribution in [0.5, 0.6) is 11.5 Å². The quantitative estimate of drug-likeness (QED) is 0.0546. The minimum atomic E-state index is -0.959. The fourth-order valence-corrected chi connectivity index (χ4v) is 10.8. The number of nitrogen functional groups attached to an aromatic ring is 1. The maximum atomic E-state index is 13.6. The molecule has 2 unspecified atom stereocenters. The highest BCUT2D eigenvalue weighted by molar-refractivity contribution is 7.99. The highest BCUT2D eigenvalue weighted by Gasteiger charge is 2.45. The van der Waals surface area contributed by atoms with E-state index in [1.165, 1.54) is 6.33 Å². The van der Waals surface area contributed by atoms with Gasteiger partial charge in [-0.25, -0.2) is 14.6 Å². The summed E-state index contributed by atoms with van der Waals surface area (Å²) in [6, 6.07) is 21.7. The summed E-state index contributed by atoms with van der Waals surface area (Å²) in [6.45, 7) is 7.45. The zero-order valence-electron chi connectivity index (χ0n) is 37.8. The monoisotopic (exact) mass is 926 g/mol. The maximum Gasteiger partial charge on any atom is 0.263 e. The Labute approximate surface area is 394 Å². The Morgan fingerprint density at radius 3 is 2.28 bits per heavy atom. The van der Waals surface area contributed by atoms with E-state index in [1.807, 2.05) is 70.2 Å². The molecule has 0 radical (unpaired) electrons. The van der Waals surface area contributed by atoms with Gasteiger partial charge in [-0.15, -0.1) is 11.8 Å². The van der Waals surface area contributed by atoms with E-state index in [0.717, 1.165) is 130 Å². The maximum absolute atomic E-state index is 13.6. The minimum absolute atomic E-state index is 0.0260. The number of hydrogen-bond acceptors (Lipinski definition) is 13. The molecule has 4 aliphatic heterocycles. The standard InChI is InChI=1S/C50H58N10O6S/c51-46-44-45(34-18-20-37(21-19-34)66-36-13-5-4-6-14-36)55-60(47(44)53-33-52-46)35-12-10-26-58(32-35)42(62)17-11-25-57-29-27-56(28-30-57)24-7-2-1-3-8-31-67-40-16-9-15-38-43(40)50(65)59(49(38)64)39-22-23-41(61)54-48(39)63/h4-6,9,13-16,18-21,33,35,39H,1-3,7-8,10-12,17,22-32H2,(H2,51,52,53)(H,54,61,63). The molecule has 0 bridgehead atoms. The molecule has 6 heterocycles. The van der Waals surface area contributed by atoms with Crippen molar-refractivity contribution in [3.63, 3.8) is 0 Å². The van der Waals surface area contributed by atoms with Crippen molar-refractivity contribution in [1.29, 1.82) is 0 Å². The lowest BCUT2D eigenvalue weighted by atomic mass is 10.0. The van der Waals surface area contributed by atoms with Crippen molar-refractivity contribution in [2.24, 2.45) is 0 Å². The van der Waals surface area contributed by atoms with Crippen molar-refractivity contribution in [3.8, 4) is 22.8 Å². The first-order chi connectivity index (χ1) is 32.7. The predicted molar refractivity (Wildman–Crippen MR) is 256 cm³/mol. The van der Waals surface area contributed by atoms with E-state index in [9.17, 15) is 24.0 Å². The lowest BCUT2D eigenvalue weighted by molar-refractivity contribution is -0.136. The molecule has 3 fully saturated rings. The van der Waals surface area contributed by atoms with Crippen molar-refractivity contribution in [3.05, 3.63) is 90.3 Å². The largest absolute Gasteiger partial charge is 0.457 e. The highest BCUT2D eigenvalue weighted by Crippen LogP contribution is 2.37. The molecule has 0 aliphatic carbocycles. The van der Waals surface area contributed by atoms with Crippen molar-refractivity contribution in [2.75, 3.05) is 63.8 Å². The Kier molecular flexibility index (Phi) is 14.5. The van der Waals surface area contributed by atoms with Crippen LogP contribution in [0.2, 0.25) is 0 Å². The molecule has 67 heavy (non-hydrogen) atoms. The van der Waals surface area contributed by atoms with Gasteiger partial charge in [0.15, 0.2) is 5.65 Å². The minimum Gasteiger partial charge on any atom is -0.457 e. The van der Waals surface area contributed by atoms with Gasteiger partial charge < -0.3 is 25.2 Å². The van der Waals surface area contributed by atoms with Crippen molar-refractivity contribution < 1.29 is 28.7 Å². The molecule has 2 aromatic heterocycles. The predicted octanol–water partition coefficient (Wildman–Crippen LogP) is 6.57. The molecule has 350 valence electrons. The second-order valence-electron chi connectivity index (χ2n) is 17.9. The zero-order chi connectivity index (χ0) is 46.3. The summed E-state index contributed by atoms with van der Waals surface area (Å²) in [7, 11) is 0. The van der Waals surface area contributed by atoms with Crippen molar-refractivity contribution >= 4 is 58.1 Å². The number of imide groups is 2. The number of carbonyl (C=O) groups is 5. The zero-order valence-corrected chi connectivity index (χ0v) is 38.6. The van der Waals surface area contributed by atoms with Crippen LogP contribution in [0.1, 0.15) is 97.4 Å². The summed E-state index contributed by atoms with van der Waals surface area (Å²) >= 11 is 1.58. The van der Waals surface area contributed by atoms with Gasteiger partial charge in [0.2, 0.25) is 17.7 Å². The number of anilines is 1. The summed E-state index contributed by atoms with van der Waals surface area (Å²) in [5.74, 6) is 0.976. The summed E-state index contributed by atoms with van der Waals surface area (Å²) in [5.41, 5.74) is 9.40. The van der Waals surface area contributed by atoms with E-state index in [-0.39, 0.29) is 30.7 Å². The number of amides is 5. The van der Waals surface area contributed by atoms with E-state index in [0.29, 0.717) is 46.6 Å². The van der Waals surface area contributed by atoms with Crippen LogP contribution in [0, 0.1) is 0 Å². The third-order valence-corrected chi connectivity index (χ3v) is 14.5. The molecule has 0 spiro atoms. The Balaban J connectivity index is 0.662. The first kappa shape index (κ1) is 46.0. The second-order valence-corrected chi connectivity index (χ2v) is 19.0. The van der Waals surface area contributed by atoms with Crippen LogP contribution in [0.15, 0.2) is 84.0 Å². The number of nitrogens with zero attached hydrogens (tertiary/aromatic N) is 8. The SMILES string of the molecule is Nc1ncnc2c1c(-c1ccc(Oc3ccccc3)cc1)nn2C1CCCN(C(=O)CCCN2CCN(CCCCCCCSc3cccc4c3C(=O)N(C3CCC(=O)NC3=O)C4=O)CC2)C1. The van der Waals surface area contributed by atoms with Gasteiger partial charge in [0.05, 0.1) is 22.6 Å². The number of hydrogen-bond donors (Lipinski definition) is 2. The molecule has 4 aliphatic rings. The van der Waals surface area contributed by atoms with E-state index in [1.54, 1.807) is 23.9 Å². The number of likely N-dealkylation sites (tertiary alicyclic amines) is 1. The van der Waals surface area contributed by atoms with Crippen LogP contribution < -0.4 is 15.8 Å². The Morgan fingerprint density at radius 1 is 0.776 bits per heavy atom. The molecule has 3 aromatic carbocycles. The van der Waals surface area contributed by atoms with Gasteiger partial charge >= 0.3 is 0 Å². The molecular formula is C50H58N10O6S. The number of ether oxygens (including phenoxy) is 1. The van der Waals surface area contributed by atoms with Crippen molar-refractivity contribution in [2.45, 2.75) is 87.6 Å². The number of piperazine rings is 1. The Hall–Kier alpha value is -6.17. The van der Waals surface area contributed by atoms with Gasteiger partial charge in [0.1, 0.15) is 35.4 Å². The second kappa shape index (κ2) is 21.2. The third-order valence-electron chi connectivity index (χ3n) is 13.4. The topological polar surface area (TPSA) is 189 Å². The van der Waals surface area contributed by atoms with Gasteiger partial charge in [-0.3, -0.25) is 34.2 Å². The first-order valence-corrected chi connectivity index (χ1v) is 24.7. The van der Waals surface area contributed by atoms with Crippen LogP contribution in [0.3, 0.4) is 0 Å². The van der Waals surface area contributed by atoms with Crippen LogP contribution >= 0.6 is 11.8 Å². The molecule has 3 N–H and O–H groups in total. The Morgan fingerprint density at radius 2 is 1.51 bits per heavy atom. The number of rotatable bonds is 18. The first-order valence-electron chi connectivity index (χ1n) is 23.7. The van der Waals surface area contributed by atoms with Gasteiger partial charge in [-0.1, -0.05) is 43.5 Å². The van der Waals surface area contributed by atoms with Crippen LogP contribution in [0.4, 0.5) is 5.82 Å². The van der Waals surface area contributed by atoms with E-state index in [2.05, 4.69) is 25.1 Å². The smallest absolute Gasteiger partial charge is 0.263 e. The molecular weight excluding hydrogens is 869 g/mol. The summed E-state index contributed by atoms with van der Waals surface area (Å²) in [4.78, 5) is 81.9. The highest BCUT2D eigenvalue weighted by atomic mass is 32.2. The van der Waals surface area contributed by atoms with E-state index >= 15 is 0 Å².